The number of carbonyl (C=O) groups is 2. The molecule has 0 bridgehead atoms. The van der Waals surface area contributed by atoms with Crippen LogP contribution in [0.15, 0.2) is 85.2 Å². The van der Waals surface area contributed by atoms with Gasteiger partial charge in [0, 0.05) is 42.7 Å². The van der Waals surface area contributed by atoms with Gasteiger partial charge >= 0.3 is 0 Å². The molecule has 5 rings (SSSR count). The standard InChI is InChI=1S/C30H24FN5O2/c31-24-4-1-3-22(17-24)27-11-10-23(19-34-27)30(38)35-25-12-15-36(16-13-25)29-26(5-2-14-33-29)28(37)21-8-6-20(18-32)7-9-21/h1-11,14,17,19,25H,12-13,15-16H2,(H,35,38). The van der Waals surface area contributed by atoms with Gasteiger partial charge in [0.2, 0.25) is 0 Å². The molecule has 0 spiro atoms. The number of rotatable bonds is 6. The van der Waals surface area contributed by atoms with Gasteiger partial charge in [-0.3, -0.25) is 14.6 Å². The van der Waals surface area contributed by atoms with Gasteiger partial charge in [-0.25, -0.2) is 9.37 Å². The maximum atomic E-state index is 13.5. The van der Waals surface area contributed by atoms with Gasteiger partial charge < -0.3 is 10.2 Å². The van der Waals surface area contributed by atoms with Crippen molar-refractivity contribution in [2.45, 2.75) is 18.9 Å². The number of halogens is 1. The Hall–Kier alpha value is -4.90. The molecule has 0 atom stereocenters. The second-order valence-corrected chi connectivity index (χ2v) is 9.07. The first kappa shape index (κ1) is 24.8. The topological polar surface area (TPSA) is 99.0 Å². The number of nitrogens with zero attached hydrogens (tertiary/aromatic N) is 4. The molecule has 2 aromatic carbocycles. The lowest BCUT2D eigenvalue weighted by atomic mass is 10.00. The Morgan fingerprint density at radius 1 is 0.947 bits per heavy atom. The Morgan fingerprint density at radius 3 is 2.39 bits per heavy atom. The number of piperidine rings is 1. The van der Waals surface area contributed by atoms with E-state index in [-0.39, 0.29) is 23.5 Å². The van der Waals surface area contributed by atoms with Crippen LogP contribution in [0, 0.1) is 17.1 Å². The summed E-state index contributed by atoms with van der Waals surface area (Å²) in [4.78, 5) is 36.9. The molecule has 188 valence electrons. The van der Waals surface area contributed by atoms with E-state index in [0.29, 0.717) is 65.3 Å². The molecule has 1 aliphatic rings. The predicted molar refractivity (Wildman–Crippen MR) is 141 cm³/mol. The average molecular weight is 506 g/mol. The number of nitriles is 1. The number of carbonyl (C=O) groups excluding carboxylic acids is 2. The number of nitrogens with one attached hydrogen (secondary N) is 1. The lowest BCUT2D eigenvalue weighted by molar-refractivity contribution is 0.0930. The van der Waals surface area contributed by atoms with E-state index >= 15 is 0 Å². The first-order chi connectivity index (χ1) is 18.5. The summed E-state index contributed by atoms with van der Waals surface area (Å²) in [5.74, 6) is -0.0869. The third-order valence-electron chi connectivity index (χ3n) is 6.58. The second-order valence-electron chi connectivity index (χ2n) is 9.07. The van der Waals surface area contributed by atoms with Crippen LogP contribution in [-0.4, -0.2) is 40.8 Å². The van der Waals surface area contributed by atoms with Crippen molar-refractivity contribution in [1.29, 1.82) is 5.26 Å². The van der Waals surface area contributed by atoms with Crippen LogP contribution in [0.1, 0.15) is 44.7 Å². The van der Waals surface area contributed by atoms with Crippen LogP contribution >= 0.6 is 0 Å². The van der Waals surface area contributed by atoms with Crippen LogP contribution in [0.2, 0.25) is 0 Å². The van der Waals surface area contributed by atoms with E-state index in [1.54, 1.807) is 66.9 Å². The van der Waals surface area contributed by atoms with Gasteiger partial charge in [-0.05, 0) is 73.5 Å². The van der Waals surface area contributed by atoms with Crippen molar-refractivity contribution in [3.05, 3.63) is 113 Å². The summed E-state index contributed by atoms with van der Waals surface area (Å²) < 4.78 is 13.5. The summed E-state index contributed by atoms with van der Waals surface area (Å²) in [6, 6.07) is 21.6. The SMILES string of the molecule is N#Cc1ccc(C(=O)c2cccnc2N2CCC(NC(=O)c3ccc(-c4cccc(F)c4)nc3)CC2)cc1. The number of ketones is 1. The number of amides is 1. The van der Waals surface area contributed by atoms with Crippen molar-refractivity contribution in [1.82, 2.24) is 15.3 Å². The lowest BCUT2D eigenvalue weighted by Gasteiger charge is -2.34. The fourth-order valence-corrected chi connectivity index (χ4v) is 4.53. The molecule has 0 radical (unpaired) electrons. The molecule has 1 aliphatic heterocycles. The molecule has 3 heterocycles. The molecule has 0 unspecified atom stereocenters. The zero-order valence-corrected chi connectivity index (χ0v) is 20.5. The molecule has 0 saturated carbocycles. The van der Waals surface area contributed by atoms with Crippen molar-refractivity contribution in [3.63, 3.8) is 0 Å². The predicted octanol–water partition coefficient (Wildman–Crippen LogP) is 4.78. The summed E-state index contributed by atoms with van der Waals surface area (Å²) in [6.45, 7) is 1.26. The minimum Gasteiger partial charge on any atom is -0.356 e. The molecule has 1 saturated heterocycles. The largest absolute Gasteiger partial charge is 0.356 e. The van der Waals surface area contributed by atoms with Crippen LogP contribution in [0.4, 0.5) is 10.2 Å². The van der Waals surface area contributed by atoms with Gasteiger partial charge in [0.1, 0.15) is 11.6 Å². The molecule has 1 N–H and O–H groups in total. The first-order valence-corrected chi connectivity index (χ1v) is 12.3. The number of hydrogen-bond acceptors (Lipinski definition) is 6. The molecule has 38 heavy (non-hydrogen) atoms. The second kappa shape index (κ2) is 11.0. The number of benzene rings is 2. The maximum absolute atomic E-state index is 13.5. The quantitative estimate of drug-likeness (QED) is 0.379. The van der Waals surface area contributed by atoms with Gasteiger partial charge in [-0.15, -0.1) is 0 Å². The fourth-order valence-electron chi connectivity index (χ4n) is 4.53. The smallest absolute Gasteiger partial charge is 0.253 e. The summed E-state index contributed by atoms with van der Waals surface area (Å²) in [5, 5.41) is 12.1. The van der Waals surface area contributed by atoms with Crippen molar-refractivity contribution < 1.29 is 14.0 Å². The fraction of sp³-hybridized carbons (Fsp3) is 0.167. The Labute approximate surface area is 219 Å². The summed E-state index contributed by atoms with van der Waals surface area (Å²) in [6.07, 6.45) is 4.56. The van der Waals surface area contributed by atoms with E-state index in [4.69, 9.17) is 5.26 Å². The van der Waals surface area contributed by atoms with Crippen molar-refractivity contribution in [2.24, 2.45) is 0 Å². The monoisotopic (exact) mass is 505 g/mol. The molecule has 2 aromatic heterocycles. The summed E-state index contributed by atoms with van der Waals surface area (Å²) in [5.41, 5.74) is 3.18. The minimum atomic E-state index is -0.339. The molecule has 4 aromatic rings. The van der Waals surface area contributed by atoms with E-state index in [9.17, 15) is 14.0 Å². The summed E-state index contributed by atoms with van der Waals surface area (Å²) in [7, 11) is 0. The lowest BCUT2D eigenvalue weighted by Crippen LogP contribution is -2.45. The van der Waals surface area contributed by atoms with Gasteiger partial charge in [0.05, 0.1) is 28.5 Å². The summed E-state index contributed by atoms with van der Waals surface area (Å²) >= 11 is 0. The van der Waals surface area contributed by atoms with E-state index in [2.05, 4.69) is 26.3 Å². The molecular weight excluding hydrogens is 481 g/mol. The highest BCUT2D eigenvalue weighted by Crippen LogP contribution is 2.25. The Bertz CT molecular complexity index is 1510. The minimum absolute atomic E-state index is 0.0250. The third kappa shape index (κ3) is 5.42. The van der Waals surface area contributed by atoms with Crippen molar-refractivity contribution >= 4 is 17.5 Å². The van der Waals surface area contributed by atoms with Crippen LogP contribution < -0.4 is 10.2 Å². The van der Waals surface area contributed by atoms with Crippen LogP contribution in [0.3, 0.4) is 0 Å². The molecule has 7 nitrogen and oxygen atoms in total. The molecular formula is C30H24FN5O2. The zero-order chi connectivity index (χ0) is 26.5. The van der Waals surface area contributed by atoms with E-state index in [1.807, 2.05) is 0 Å². The highest BCUT2D eigenvalue weighted by atomic mass is 19.1. The van der Waals surface area contributed by atoms with Gasteiger partial charge in [-0.2, -0.15) is 5.26 Å². The molecule has 8 heteroatoms. The molecule has 1 amide bonds. The average Bonchev–Trinajstić information content (AvgIpc) is 2.97. The normalized spacial score (nSPS) is 13.5. The van der Waals surface area contributed by atoms with Gasteiger partial charge in [0.15, 0.2) is 5.78 Å². The molecule has 1 fully saturated rings. The number of pyridine rings is 2. The number of anilines is 1. The third-order valence-corrected chi connectivity index (χ3v) is 6.58. The molecule has 0 aliphatic carbocycles. The highest BCUT2D eigenvalue weighted by Gasteiger charge is 2.25. The van der Waals surface area contributed by atoms with E-state index in [1.165, 1.54) is 18.3 Å². The highest BCUT2D eigenvalue weighted by molar-refractivity contribution is 6.12. The van der Waals surface area contributed by atoms with Gasteiger partial charge in [0.25, 0.3) is 5.91 Å². The Kier molecular flexibility index (Phi) is 7.18. The zero-order valence-electron chi connectivity index (χ0n) is 20.5. The number of aromatic nitrogens is 2. The van der Waals surface area contributed by atoms with Crippen molar-refractivity contribution in [2.75, 3.05) is 18.0 Å². The maximum Gasteiger partial charge on any atom is 0.253 e. The Morgan fingerprint density at radius 2 is 1.71 bits per heavy atom. The van der Waals surface area contributed by atoms with Crippen molar-refractivity contribution in [3.8, 4) is 17.3 Å². The first-order valence-electron chi connectivity index (χ1n) is 12.3. The van der Waals surface area contributed by atoms with Crippen LogP contribution in [-0.2, 0) is 0 Å². The van der Waals surface area contributed by atoms with E-state index in [0.717, 1.165) is 0 Å². The Balaban J connectivity index is 1.21. The number of hydrogen-bond donors (Lipinski definition) is 1. The van der Waals surface area contributed by atoms with Crippen LogP contribution in [0.5, 0.6) is 0 Å². The van der Waals surface area contributed by atoms with E-state index < -0.39 is 0 Å². The van der Waals surface area contributed by atoms with Crippen LogP contribution in [0.25, 0.3) is 11.3 Å². The van der Waals surface area contributed by atoms with Gasteiger partial charge in [-0.1, -0.05) is 12.1 Å².